The van der Waals surface area contributed by atoms with Crippen LogP contribution in [-0.4, -0.2) is 56.5 Å². The number of amides is 1. The highest BCUT2D eigenvalue weighted by molar-refractivity contribution is 5.88. The number of ether oxygens (including phenoxy) is 1. The molecule has 142 valence electrons. The van der Waals surface area contributed by atoms with Crippen LogP contribution in [0.4, 0.5) is 5.69 Å². The Bertz CT molecular complexity index is 635. The highest BCUT2D eigenvalue weighted by Gasteiger charge is 2.26. The minimum atomic E-state index is -0.115. The number of nitrogens with one attached hydrogen (secondary N) is 2. The predicted molar refractivity (Wildman–Crippen MR) is 102 cm³/mol. The number of likely N-dealkylation sites (tertiary alicyclic amines) is 1. The standard InChI is InChI=1S/C19H28N4O3/c1-14(24)22-17-6-4-15(5-7-17)8-11-21-19(20-2)23-12-9-16(10-13-23)18(25)26-3/h4-7,16H,8-13H2,1-3H3,(H,20,21)(H,22,24). The lowest BCUT2D eigenvalue weighted by molar-refractivity contribution is -0.146. The molecule has 7 nitrogen and oxygen atoms in total. The van der Waals surface area contributed by atoms with Gasteiger partial charge in [-0.15, -0.1) is 0 Å². The van der Waals surface area contributed by atoms with E-state index in [-0.39, 0.29) is 17.8 Å². The van der Waals surface area contributed by atoms with Gasteiger partial charge in [-0.3, -0.25) is 14.6 Å². The minimum absolute atomic E-state index is 0.00326. The van der Waals surface area contributed by atoms with Crippen molar-refractivity contribution in [2.45, 2.75) is 26.2 Å². The van der Waals surface area contributed by atoms with Gasteiger partial charge in [-0.1, -0.05) is 12.1 Å². The molecular weight excluding hydrogens is 332 g/mol. The van der Waals surface area contributed by atoms with Gasteiger partial charge in [0.25, 0.3) is 0 Å². The van der Waals surface area contributed by atoms with Crippen LogP contribution in [0.5, 0.6) is 0 Å². The monoisotopic (exact) mass is 360 g/mol. The van der Waals surface area contributed by atoms with E-state index in [2.05, 4.69) is 20.5 Å². The Kier molecular flexibility index (Phi) is 7.44. The lowest BCUT2D eigenvalue weighted by Crippen LogP contribution is -2.47. The number of benzene rings is 1. The van der Waals surface area contributed by atoms with Crippen molar-refractivity contribution in [3.8, 4) is 0 Å². The quantitative estimate of drug-likeness (QED) is 0.474. The molecular formula is C19H28N4O3. The second-order valence-corrected chi connectivity index (χ2v) is 6.39. The van der Waals surface area contributed by atoms with Gasteiger partial charge in [0.2, 0.25) is 5.91 Å². The van der Waals surface area contributed by atoms with E-state index in [1.54, 1.807) is 7.05 Å². The van der Waals surface area contributed by atoms with E-state index >= 15 is 0 Å². The molecule has 2 rings (SSSR count). The fraction of sp³-hybridized carbons (Fsp3) is 0.526. The lowest BCUT2D eigenvalue weighted by atomic mass is 9.97. The number of guanidine groups is 1. The number of carbonyl (C=O) groups excluding carboxylic acids is 2. The molecule has 0 saturated carbocycles. The van der Waals surface area contributed by atoms with Crippen LogP contribution < -0.4 is 10.6 Å². The first-order chi connectivity index (χ1) is 12.5. The zero-order chi connectivity index (χ0) is 18.9. The summed E-state index contributed by atoms with van der Waals surface area (Å²) in [5.41, 5.74) is 1.99. The second kappa shape index (κ2) is 9.79. The number of rotatable bonds is 5. The molecule has 1 aromatic rings. The van der Waals surface area contributed by atoms with Crippen LogP contribution in [0.15, 0.2) is 29.3 Å². The Labute approximate surface area is 154 Å². The van der Waals surface area contributed by atoms with Crippen LogP contribution >= 0.6 is 0 Å². The summed E-state index contributed by atoms with van der Waals surface area (Å²) in [6, 6.07) is 7.83. The van der Waals surface area contributed by atoms with E-state index < -0.39 is 0 Å². The largest absolute Gasteiger partial charge is 0.469 e. The zero-order valence-electron chi connectivity index (χ0n) is 15.7. The minimum Gasteiger partial charge on any atom is -0.469 e. The Morgan fingerprint density at radius 3 is 2.42 bits per heavy atom. The van der Waals surface area contributed by atoms with Gasteiger partial charge in [-0.25, -0.2) is 0 Å². The average Bonchev–Trinajstić information content (AvgIpc) is 2.66. The zero-order valence-corrected chi connectivity index (χ0v) is 15.7. The molecule has 0 radical (unpaired) electrons. The molecule has 1 aromatic carbocycles. The third-order valence-electron chi connectivity index (χ3n) is 4.51. The Hall–Kier alpha value is -2.57. The average molecular weight is 360 g/mol. The van der Waals surface area contributed by atoms with E-state index in [4.69, 9.17) is 4.74 Å². The number of methoxy groups -OCH3 is 1. The van der Waals surface area contributed by atoms with Crippen molar-refractivity contribution in [1.29, 1.82) is 0 Å². The van der Waals surface area contributed by atoms with Crippen LogP contribution in [0, 0.1) is 5.92 Å². The molecule has 1 heterocycles. The van der Waals surface area contributed by atoms with Crippen LogP contribution in [0.1, 0.15) is 25.3 Å². The lowest BCUT2D eigenvalue weighted by Gasteiger charge is -2.33. The van der Waals surface area contributed by atoms with Gasteiger partial charge in [0.05, 0.1) is 13.0 Å². The van der Waals surface area contributed by atoms with Gasteiger partial charge in [-0.05, 0) is 37.0 Å². The number of nitrogens with zero attached hydrogens (tertiary/aromatic N) is 2. The summed E-state index contributed by atoms with van der Waals surface area (Å²) in [5, 5.41) is 6.14. The SMILES string of the molecule is CN=C(NCCc1ccc(NC(C)=O)cc1)N1CCC(C(=O)OC)CC1. The molecule has 0 spiro atoms. The highest BCUT2D eigenvalue weighted by atomic mass is 16.5. The van der Waals surface area contributed by atoms with E-state index in [9.17, 15) is 9.59 Å². The van der Waals surface area contributed by atoms with Crippen LogP contribution in [0.3, 0.4) is 0 Å². The number of aliphatic imine (C=N–C) groups is 1. The normalized spacial score (nSPS) is 15.5. The van der Waals surface area contributed by atoms with Crippen LogP contribution in [0.25, 0.3) is 0 Å². The molecule has 1 fully saturated rings. The van der Waals surface area contributed by atoms with Gasteiger partial charge >= 0.3 is 5.97 Å². The van der Waals surface area contributed by atoms with E-state index in [0.717, 1.165) is 50.5 Å². The molecule has 1 saturated heterocycles. The fourth-order valence-corrected chi connectivity index (χ4v) is 3.10. The van der Waals surface area contributed by atoms with Crippen molar-refractivity contribution >= 4 is 23.5 Å². The van der Waals surface area contributed by atoms with Crippen molar-refractivity contribution in [3.05, 3.63) is 29.8 Å². The summed E-state index contributed by atoms with van der Waals surface area (Å²) in [4.78, 5) is 29.2. The van der Waals surface area contributed by atoms with E-state index in [0.29, 0.717) is 0 Å². The van der Waals surface area contributed by atoms with Gasteiger partial charge in [0.15, 0.2) is 5.96 Å². The summed E-state index contributed by atoms with van der Waals surface area (Å²) in [7, 11) is 3.22. The number of piperidine rings is 1. The highest BCUT2D eigenvalue weighted by Crippen LogP contribution is 2.18. The molecule has 0 atom stereocenters. The Morgan fingerprint density at radius 1 is 1.23 bits per heavy atom. The molecule has 2 N–H and O–H groups in total. The predicted octanol–water partition coefficient (Wildman–Crippen LogP) is 1.65. The first-order valence-electron chi connectivity index (χ1n) is 8.93. The van der Waals surface area contributed by atoms with Crippen molar-refractivity contribution in [1.82, 2.24) is 10.2 Å². The molecule has 1 aliphatic heterocycles. The number of hydrogen-bond donors (Lipinski definition) is 2. The van der Waals surface area contributed by atoms with E-state index in [1.807, 2.05) is 24.3 Å². The van der Waals surface area contributed by atoms with Gasteiger partial charge < -0.3 is 20.3 Å². The molecule has 0 aromatic heterocycles. The number of anilines is 1. The van der Waals surface area contributed by atoms with Crippen molar-refractivity contribution in [3.63, 3.8) is 0 Å². The molecule has 0 aliphatic carbocycles. The molecule has 1 amide bonds. The van der Waals surface area contributed by atoms with Gasteiger partial charge in [0.1, 0.15) is 0 Å². The summed E-state index contributed by atoms with van der Waals surface area (Å²) in [6.45, 7) is 3.86. The number of carbonyl (C=O) groups is 2. The summed E-state index contributed by atoms with van der Waals surface area (Å²) < 4.78 is 4.83. The maximum Gasteiger partial charge on any atom is 0.308 e. The smallest absolute Gasteiger partial charge is 0.308 e. The summed E-state index contributed by atoms with van der Waals surface area (Å²) in [5.74, 6) is 0.675. The molecule has 7 heteroatoms. The van der Waals surface area contributed by atoms with Crippen molar-refractivity contribution in [2.75, 3.05) is 39.1 Å². The molecule has 0 unspecified atom stereocenters. The number of hydrogen-bond acceptors (Lipinski definition) is 4. The number of esters is 1. The van der Waals surface area contributed by atoms with Crippen molar-refractivity contribution < 1.29 is 14.3 Å². The third kappa shape index (κ3) is 5.75. The topological polar surface area (TPSA) is 83.0 Å². The maximum atomic E-state index is 11.6. The first kappa shape index (κ1) is 19.8. The van der Waals surface area contributed by atoms with Crippen LogP contribution in [0.2, 0.25) is 0 Å². The fourth-order valence-electron chi connectivity index (χ4n) is 3.10. The molecule has 26 heavy (non-hydrogen) atoms. The van der Waals surface area contributed by atoms with Gasteiger partial charge in [-0.2, -0.15) is 0 Å². The molecule has 1 aliphatic rings. The van der Waals surface area contributed by atoms with E-state index in [1.165, 1.54) is 19.6 Å². The summed E-state index contributed by atoms with van der Waals surface area (Å²) >= 11 is 0. The Balaban J connectivity index is 1.77. The Morgan fingerprint density at radius 2 is 1.88 bits per heavy atom. The van der Waals surface area contributed by atoms with Crippen LogP contribution in [-0.2, 0) is 20.7 Å². The molecule has 0 bridgehead atoms. The third-order valence-corrected chi connectivity index (χ3v) is 4.51. The second-order valence-electron chi connectivity index (χ2n) is 6.39. The van der Waals surface area contributed by atoms with Crippen molar-refractivity contribution in [2.24, 2.45) is 10.9 Å². The van der Waals surface area contributed by atoms with Gasteiger partial charge in [0, 0.05) is 39.3 Å². The summed E-state index contributed by atoms with van der Waals surface area (Å²) in [6.07, 6.45) is 2.44. The maximum absolute atomic E-state index is 11.6. The first-order valence-corrected chi connectivity index (χ1v) is 8.93.